The average molecular weight is 271 g/mol. The Morgan fingerprint density at radius 3 is 2.79 bits per heavy atom. The summed E-state index contributed by atoms with van der Waals surface area (Å²) in [5.74, 6) is -1.38. The summed E-state index contributed by atoms with van der Waals surface area (Å²) < 4.78 is 10.9. The Bertz CT molecular complexity index is 334. The summed E-state index contributed by atoms with van der Waals surface area (Å²) in [6.07, 6.45) is 3.96. The van der Waals surface area contributed by atoms with E-state index in [2.05, 4.69) is 5.32 Å². The first-order chi connectivity index (χ1) is 9.15. The standard InChI is InChI=1S/C13H21NO5/c15-11(13(4-5-13)12(16)17)14-6-2-7-18-9-10-3-1-8-19-10/h10H,1-9H2,(H,14,15)(H,16,17). The molecule has 19 heavy (non-hydrogen) atoms. The van der Waals surface area contributed by atoms with Crippen LogP contribution in [0.25, 0.3) is 0 Å². The Hall–Kier alpha value is -1.14. The third-order valence-corrected chi connectivity index (χ3v) is 3.67. The van der Waals surface area contributed by atoms with Gasteiger partial charge in [0.2, 0.25) is 5.91 Å². The number of carboxylic acid groups (broad SMARTS) is 1. The molecule has 0 aromatic carbocycles. The smallest absolute Gasteiger partial charge is 0.319 e. The molecular formula is C13H21NO5. The number of carboxylic acids is 1. The van der Waals surface area contributed by atoms with Crippen molar-refractivity contribution in [2.24, 2.45) is 5.41 Å². The number of carbonyl (C=O) groups excluding carboxylic acids is 1. The van der Waals surface area contributed by atoms with E-state index in [1.165, 1.54) is 0 Å². The van der Waals surface area contributed by atoms with Gasteiger partial charge in [0.05, 0.1) is 12.7 Å². The maximum absolute atomic E-state index is 11.7. The van der Waals surface area contributed by atoms with Crippen molar-refractivity contribution in [2.75, 3.05) is 26.4 Å². The SMILES string of the molecule is O=C(O)C1(C(=O)NCCCOCC2CCCO2)CC1. The van der Waals surface area contributed by atoms with Gasteiger partial charge in [0.15, 0.2) is 0 Å². The van der Waals surface area contributed by atoms with E-state index in [9.17, 15) is 9.59 Å². The van der Waals surface area contributed by atoms with Crippen LogP contribution >= 0.6 is 0 Å². The van der Waals surface area contributed by atoms with Gasteiger partial charge >= 0.3 is 5.97 Å². The lowest BCUT2D eigenvalue weighted by atomic mass is 10.1. The number of amides is 1. The average Bonchev–Trinajstić information content (AvgIpc) is 3.05. The van der Waals surface area contributed by atoms with Crippen molar-refractivity contribution in [2.45, 2.75) is 38.2 Å². The zero-order valence-electron chi connectivity index (χ0n) is 11.0. The second kappa shape index (κ2) is 6.34. The highest BCUT2D eigenvalue weighted by Gasteiger charge is 2.56. The summed E-state index contributed by atoms with van der Waals surface area (Å²) in [4.78, 5) is 22.6. The summed E-state index contributed by atoms with van der Waals surface area (Å²) in [6.45, 7) is 2.44. The minimum absolute atomic E-state index is 0.219. The van der Waals surface area contributed by atoms with Gasteiger partial charge in [-0.3, -0.25) is 9.59 Å². The van der Waals surface area contributed by atoms with Gasteiger partial charge in [0.1, 0.15) is 5.41 Å². The van der Waals surface area contributed by atoms with Crippen LogP contribution in [0.1, 0.15) is 32.1 Å². The van der Waals surface area contributed by atoms with Crippen LogP contribution in [-0.2, 0) is 19.1 Å². The van der Waals surface area contributed by atoms with Gasteiger partial charge in [-0.2, -0.15) is 0 Å². The van der Waals surface area contributed by atoms with Crippen LogP contribution < -0.4 is 5.32 Å². The summed E-state index contributed by atoms with van der Waals surface area (Å²) in [6, 6.07) is 0. The van der Waals surface area contributed by atoms with Gasteiger partial charge in [-0.15, -0.1) is 0 Å². The third kappa shape index (κ3) is 3.67. The lowest BCUT2D eigenvalue weighted by Gasteiger charge is -2.12. The number of hydrogen-bond donors (Lipinski definition) is 2. The van der Waals surface area contributed by atoms with Gasteiger partial charge in [0, 0.05) is 19.8 Å². The molecule has 1 aliphatic heterocycles. The largest absolute Gasteiger partial charge is 0.480 e. The van der Waals surface area contributed by atoms with Crippen molar-refractivity contribution >= 4 is 11.9 Å². The van der Waals surface area contributed by atoms with E-state index in [-0.39, 0.29) is 12.0 Å². The van der Waals surface area contributed by atoms with Gasteiger partial charge in [-0.1, -0.05) is 0 Å². The van der Waals surface area contributed by atoms with Crippen LogP contribution in [0.2, 0.25) is 0 Å². The Kier molecular flexibility index (Phi) is 4.76. The molecule has 1 heterocycles. The predicted octanol–water partition coefficient (Wildman–Crippen LogP) is 0.553. The van der Waals surface area contributed by atoms with Crippen LogP contribution in [0.4, 0.5) is 0 Å². The molecule has 1 saturated heterocycles. The van der Waals surface area contributed by atoms with E-state index < -0.39 is 11.4 Å². The van der Waals surface area contributed by atoms with Crippen LogP contribution in [-0.4, -0.2) is 49.5 Å². The summed E-state index contributed by atoms with van der Waals surface area (Å²) in [7, 11) is 0. The first kappa shape index (κ1) is 14.3. The minimum atomic E-state index is -1.14. The molecule has 2 rings (SSSR count). The molecule has 2 aliphatic rings. The molecule has 0 aromatic heterocycles. The van der Waals surface area contributed by atoms with Crippen LogP contribution in [0.3, 0.4) is 0 Å². The van der Waals surface area contributed by atoms with Crippen molar-refractivity contribution in [3.05, 3.63) is 0 Å². The summed E-state index contributed by atoms with van der Waals surface area (Å²) >= 11 is 0. The number of carbonyl (C=O) groups is 2. The van der Waals surface area contributed by atoms with Gasteiger partial charge in [-0.05, 0) is 32.1 Å². The number of aliphatic carboxylic acids is 1. The lowest BCUT2D eigenvalue weighted by Crippen LogP contribution is -2.37. The quantitative estimate of drug-likeness (QED) is 0.497. The third-order valence-electron chi connectivity index (χ3n) is 3.67. The summed E-state index contributed by atoms with van der Waals surface area (Å²) in [5.41, 5.74) is -1.14. The molecule has 108 valence electrons. The monoisotopic (exact) mass is 271 g/mol. The molecule has 0 spiro atoms. The lowest BCUT2D eigenvalue weighted by molar-refractivity contribution is -0.149. The highest BCUT2D eigenvalue weighted by atomic mass is 16.5. The molecule has 2 fully saturated rings. The Morgan fingerprint density at radius 2 is 2.21 bits per heavy atom. The number of hydrogen-bond acceptors (Lipinski definition) is 4. The first-order valence-electron chi connectivity index (χ1n) is 6.86. The zero-order valence-corrected chi connectivity index (χ0v) is 11.0. The topological polar surface area (TPSA) is 84.9 Å². The maximum Gasteiger partial charge on any atom is 0.319 e. The second-order valence-electron chi connectivity index (χ2n) is 5.21. The second-order valence-corrected chi connectivity index (χ2v) is 5.21. The first-order valence-corrected chi connectivity index (χ1v) is 6.86. The fourth-order valence-electron chi connectivity index (χ4n) is 2.20. The number of ether oxygens (including phenoxy) is 2. The van der Waals surface area contributed by atoms with Crippen LogP contribution in [0.15, 0.2) is 0 Å². The molecule has 0 aromatic rings. The molecule has 1 unspecified atom stereocenters. The highest BCUT2D eigenvalue weighted by Crippen LogP contribution is 2.45. The molecule has 6 heteroatoms. The predicted molar refractivity (Wildman–Crippen MR) is 66.7 cm³/mol. The van der Waals surface area contributed by atoms with Crippen molar-refractivity contribution in [3.63, 3.8) is 0 Å². The molecule has 6 nitrogen and oxygen atoms in total. The zero-order chi connectivity index (χ0) is 13.7. The van der Waals surface area contributed by atoms with Crippen molar-refractivity contribution < 1.29 is 24.2 Å². The van der Waals surface area contributed by atoms with Gasteiger partial charge < -0.3 is 19.9 Å². The fraction of sp³-hybridized carbons (Fsp3) is 0.846. The molecule has 1 aliphatic carbocycles. The van der Waals surface area contributed by atoms with E-state index in [1.807, 2.05) is 0 Å². The molecule has 1 saturated carbocycles. The molecule has 1 atom stereocenters. The molecule has 2 N–H and O–H groups in total. The molecule has 0 radical (unpaired) electrons. The van der Waals surface area contributed by atoms with E-state index in [0.29, 0.717) is 39.0 Å². The highest BCUT2D eigenvalue weighted by molar-refractivity contribution is 6.04. The Morgan fingerprint density at radius 1 is 1.42 bits per heavy atom. The Balaban J connectivity index is 1.50. The number of nitrogens with one attached hydrogen (secondary N) is 1. The van der Waals surface area contributed by atoms with E-state index in [4.69, 9.17) is 14.6 Å². The van der Waals surface area contributed by atoms with Crippen LogP contribution in [0.5, 0.6) is 0 Å². The maximum atomic E-state index is 11.7. The fourth-order valence-corrected chi connectivity index (χ4v) is 2.20. The molecular weight excluding hydrogens is 250 g/mol. The molecule has 1 amide bonds. The van der Waals surface area contributed by atoms with E-state index in [1.54, 1.807) is 0 Å². The van der Waals surface area contributed by atoms with E-state index >= 15 is 0 Å². The normalized spacial score (nSPS) is 24.1. The summed E-state index contributed by atoms with van der Waals surface area (Å²) in [5, 5.41) is 11.6. The van der Waals surface area contributed by atoms with Crippen LogP contribution in [0, 0.1) is 5.41 Å². The minimum Gasteiger partial charge on any atom is -0.480 e. The van der Waals surface area contributed by atoms with Gasteiger partial charge in [0.25, 0.3) is 0 Å². The van der Waals surface area contributed by atoms with Crippen molar-refractivity contribution in [1.29, 1.82) is 0 Å². The van der Waals surface area contributed by atoms with Gasteiger partial charge in [-0.25, -0.2) is 0 Å². The van der Waals surface area contributed by atoms with Crippen molar-refractivity contribution in [1.82, 2.24) is 5.32 Å². The van der Waals surface area contributed by atoms with Crippen molar-refractivity contribution in [3.8, 4) is 0 Å². The van der Waals surface area contributed by atoms with E-state index in [0.717, 1.165) is 19.4 Å². The Labute approximate surface area is 112 Å². The number of rotatable bonds is 8. The molecule has 0 bridgehead atoms.